The number of amides is 1. The number of benzene rings is 2. The van der Waals surface area contributed by atoms with Crippen molar-refractivity contribution in [2.75, 3.05) is 30.2 Å². The maximum atomic E-state index is 12.6. The summed E-state index contributed by atoms with van der Waals surface area (Å²) >= 11 is 11.9. The predicted octanol–water partition coefficient (Wildman–Crippen LogP) is 3.67. The zero-order chi connectivity index (χ0) is 21.7. The lowest BCUT2D eigenvalue weighted by Crippen LogP contribution is -2.40. The van der Waals surface area contributed by atoms with E-state index in [2.05, 4.69) is 16.3 Å². The molecule has 0 saturated carbocycles. The third kappa shape index (κ3) is 6.11. The fourth-order valence-electron chi connectivity index (χ4n) is 3.49. The van der Waals surface area contributed by atoms with Gasteiger partial charge in [-0.25, -0.2) is 8.42 Å². The Labute approximate surface area is 187 Å². The summed E-state index contributed by atoms with van der Waals surface area (Å²) in [6.07, 6.45) is 3.48. The van der Waals surface area contributed by atoms with E-state index in [1.807, 2.05) is 18.2 Å². The van der Waals surface area contributed by atoms with Crippen LogP contribution >= 0.6 is 23.2 Å². The molecule has 0 aromatic heterocycles. The number of carbonyl (C=O) groups is 1. The second kappa shape index (κ2) is 10.0. The molecule has 1 N–H and O–H groups in total. The molecule has 1 fully saturated rings. The van der Waals surface area contributed by atoms with Crippen molar-refractivity contribution in [3.8, 4) is 0 Å². The van der Waals surface area contributed by atoms with Gasteiger partial charge >= 0.3 is 0 Å². The first kappa shape index (κ1) is 22.9. The van der Waals surface area contributed by atoms with Gasteiger partial charge in [0, 0.05) is 13.1 Å². The van der Waals surface area contributed by atoms with Crippen LogP contribution in [0.4, 0.5) is 5.69 Å². The van der Waals surface area contributed by atoms with E-state index in [1.165, 1.54) is 36.6 Å². The molecule has 2 aromatic carbocycles. The third-order valence-corrected chi connectivity index (χ3v) is 6.95. The van der Waals surface area contributed by atoms with Gasteiger partial charge in [-0.05, 0) is 55.3 Å². The Balaban J connectivity index is 1.67. The fraction of sp³-hybridized carbons (Fsp3) is 0.381. The highest BCUT2D eigenvalue weighted by Crippen LogP contribution is 2.28. The van der Waals surface area contributed by atoms with Gasteiger partial charge in [0.25, 0.3) is 0 Å². The van der Waals surface area contributed by atoms with Crippen LogP contribution in [0, 0.1) is 0 Å². The van der Waals surface area contributed by atoms with Gasteiger partial charge in [0.1, 0.15) is 6.54 Å². The van der Waals surface area contributed by atoms with E-state index < -0.39 is 15.9 Å². The molecule has 0 spiro atoms. The van der Waals surface area contributed by atoms with Crippen LogP contribution in [0.3, 0.4) is 0 Å². The molecule has 30 heavy (non-hydrogen) atoms. The minimum Gasteiger partial charge on any atom is -0.350 e. The number of nitrogens with one attached hydrogen (secondary N) is 1. The molecule has 2 aromatic rings. The van der Waals surface area contributed by atoms with Crippen LogP contribution in [-0.4, -0.2) is 45.1 Å². The molecule has 1 heterocycles. The minimum atomic E-state index is -3.69. The molecule has 0 aliphatic carbocycles. The monoisotopic (exact) mass is 469 g/mol. The van der Waals surface area contributed by atoms with E-state index >= 15 is 0 Å². The van der Waals surface area contributed by atoms with Crippen molar-refractivity contribution >= 4 is 44.8 Å². The van der Waals surface area contributed by atoms with E-state index in [-0.39, 0.29) is 17.3 Å². The molecule has 1 amide bonds. The first-order chi connectivity index (χ1) is 14.2. The van der Waals surface area contributed by atoms with Crippen molar-refractivity contribution in [2.45, 2.75) is 25.9 Å². The molecule has 1 aliphatic rings. The van der Waals surface area contributed by atoms with E-state index in [0.717, 1.165) is 35.8 Å². The topological polar surface area (TPSA) is 69.7 Å². The number of hydrogen-bond donors (Lipinski definition) is 1. The second-order valence-corrected chi connectivity index (χ2v) is 10.1. The molecule has 0 radical (unpaired) electrons. The van der Waals surface area contributed by atoms with Crippen molar-refractivity contribution in [3.05, 3.63) is 63.6 Å². The fourth-order valence-corrected chi connectivity index (χ4v) is 4.63. The predicted molar refractivity (Wildman–Crippen MR) is 121 cm³/mol. The van der Waals surface area contributed by atoms with Gasteiger partial charge in [-0.1, -0.05) is 47.5 Å². The number of anilines is 1. The van der Waals surface area contributed by atoms with Gasteiger partial charge in [-0.3, -0.25) is 14.0 Å². The smallest absolute Gasteiger partial charge is 0.241 e. The molecule has 9 heteroatoms. The molecule has 1 aliphatic heterocycles. The van der Waals surface area contributed by atoms with E-state index in [1.54, 1.807) is 0 Å². The highest BCUT2D eigenvalue weighted by molar-refractivity contribution is 7.92. The van der Waals surface area contributed by atoms with E-state index in [0.29, 0.717) is 11.6 Å². The lowest BCUT2D eigenvalue weighted by atomic mass is 10.1. The standard InChI is InChI=1S/C21H25Cl2N3O3S/c1-30(28,29)26(18-8-9-19(22)20(23)12-18)15-21(27)24-13-16-6-2-3-7-17(16)14-25-10-4-5-11-25/h2-3,6-9,12H,4-5,10-11,13-15H2,1H3,(H,24,27). The van der Waals surface area contributed by atoms with E-state index in [4.69, 9.17) is 23.2 Å². The molecule has 3 rings (SSSR count). The summed E-state index contributed by atoms with van der Waals surface area (Å²) in [5.74, 6) is -0.400. The Morgan fingerprint density at radius 3 is 2.37 bits per heavy atom. The summed E-state index contributed by atoms with van der Waals surface area (Å²) in [4.78, 5) is 15.0. The maximum absolute atomic E-state index is 12.6. The van der Waals surface area contributed by atoms with Crippen LogP contribution in [0.1, 0.15) is 24.0 Å². The Kier molecular flexibility index (Phi) is 7.63. The normalized spacial score (nSPS) is 14.6. The van der Waals surface area contributed by atoms with Crippen molar-refractivity contribution in [1.29, 1.82) is 0 Å². The number of nitrogens with zero attached hydrogens (tertiary/aromatic N) is 2. The number of hydrogen-bond acceptors (Lipinski definition) is 4. The first-order valence-electron chi connectivity index (χ1n) is 9.72. The summed E-state index contributed by atoms with van der Waals surface area (Å²) in [7, 11) is -3.69. The Bertz CT molecular complexity index is 1010. The van der Waals surface area contributed by atoms with Gasteiger partial charge in [-0.15, -0.1) is 0 Å². The highest BCUT2D eigenvalue weighted by Gasteiger charge is 2.22. The quantitative estimate of drug-likeness (QED) is 0.639. The number of rotatable bonds is 8. The molecule has 1 saturated heterocycles. The minimum absolute atomic E-state index is 0.221. The highest BCUT2D eigenvalue weighted by atomic mass is 35.5. The van der Waals surface area contributed by atoms with Crippen molar-refractivity contribution in [2.24, 2.45) is 0 Å². The molecular weight excluding hydrogens is 445 g/mol. The van der Waals surface area contributed by atoms with Gasteiger partial charge < -0.3 is 5.32 Å². The number of sulfonamides is 1. The zero-order valence-electron chi connectivity index (χ0n) is 16.8. The van der Waals surface area contributed by atoms with E-state index in [9.17, 15) is 13.2 Å². The zero-order valence-corrected chi connectivity index (χ0v) is 19.1. The van der Waals surface area contributed by atoms with Crippen LogP contribution in [0.2, 0.25) is 10.0 Å². The van der Waals surface area contributed by atoms with Gasteiger partial charge in [-0.2, -0.15) is 0 Å². The maximum Gasteiger partial charge on any atom is 0.241 e. The summed E-state index contributed by atoms with van der Waals surface area (Å²) in [6.45, 7) is 3.03. The van der Waals surface area contributed by atoms with Crippen LogP contribution < -0.4 is 9.62 Å². The second-order valence-electron chi connectivity index (χ2n) is 7.40. The first-order valence-corrected chi connectivity index (χ1v) is 12.3. The lowest BCUT2D eigenvalue weighted by molar-refractivity contribution is -0.119. The average molecular weight is 470 g/mol. The third-order valence-electron chi connectivity index (χ3n) is 5.07. The molecule has 6 nitrogen and oxygen atoms in total. The van der Waals surface area contributed by atoms with Crippen molar-refractivity contribution in [1.82, 2.24) is 10.2 Å². The Hall–Kier alpha value is -1.80. The largest absolute Gasteiger partial charge is 0.350 e. The molecule has 0 atom stereocenters. The van der Waals surface area contributed by atoms with Crippen LogP contribution in [-0.2, 0) is 27.9 Å². The lowest BCUT2D eigenvalue weighted by Gasteiger charge is -2.22. The van der Waals surface area contributed by atoms with Gasteiger partial charge in [0.15, 0.2) is 0 Å². The average Bonchev–Trinajstić information content (AvgIpc) is 3.20. The summed E-state index contributed by atoms with van der Waals surface area (Å²) in [5.41, 5.74) is 2.49. The summed E-state index contributed by atoms with van der Waals surface area (Å²) in [5, 5.41) is 3.37. The Morgan fingerprint density at radius 2 is 1.73 bits per heavy atom. The molecule has 0 bridgehead atoms. The van der Waals surface area contributed by atoms with Gasteiger partial charge in [0.05, 0.1) is 22.0 Å². The molecule has 162 valence electrons. The number of halogens is 2. The summed E-state index contributed by atoms with van der Waals surface area (Å²) < 4.78 is 25.5. The van der Waals surface area contributed by atoms with Crippen LogP contribution in [0.5, 0.6) is 0 Å². The number of carbonyl (C=O) groups excluding carboxylic acids is 1. The number of likely N-dealkylation sites (tertiary alicyclic amines) is 1. The van der Waals surface area contributed by atoms with Crippen molar-refractivity contribution in [3.63, 3.8) is 0 Å². The summed E-state index contributed by atoms with van der Waals surface area (Å²) in [6, 6.07) is 12.4. The van der Waals surface area contributed by atoms with Gasteiger partial charge in [0.2, 0.25) is 15.9 Å². The van der Waals surface area contributed by atoms with Crippen LogP contribution in [0.25, 0.3) is 0 Å². The SMILES string of the molecule is CS(=O)(=O)N(CC(=O)NCc1ccccc1CN1CCCC1)c1ccc(Cl)c(Cl)c1. The Morgan fingerprint density at radius 1 is 1.07 bits per heavy atom. The van der Waals surface area contributed by atoms with Crippen molar-refractivity contribution < 1.29 is 13.2 Å². The molecule has 0 unspecified atom stereocenters. The molecular formula is C21H25Cl2N3O3S. The van der Waals surface area contributed by atoms with Crippen LogP contribution in [0.15, 0.2) is 42.5 Å².